The highest BCUT2D eigenvalue weighted by Gasteiger charge is 2.55. The van der Waals surface area contributed by atoms with Gasteiger partial charge in [-0.05, 0) is 25.0 Å². The molecule has 6 heteroatoms. The van der Waals surface area contributed by atoms with E-state index in [0.29, 0.717) is 5.56 Å². The number of hydrogen-bond acceptors (Lipinski definition) is 5. The van der Waals surface area contributed by atoms with Crippen LogP contribution < -0.4 is 0 Å². The van der Waals surface area contributed by atoms with Gasteiger partial charge < -0.3 is 14.7 Å². The molecule has 0 bridgehead atoms. The zero-order valence-corrected chi connectivity index (χ0v) is 16.4. The average Bonchev–Trinajstić information content (AvgIpc) is 2.90. The Labute approximate surface area is 169 Å². The average molecular weight is 393 g/mol. The van der Waals surface area contributed by atoms with E-state index in [1.165, 1.54) is 11.8 Å². The maximum atomic E-state index is 13.3. The van der Waals surface area contributed by atoms with E-state index in [1.807, 2.05) is 36.4 Å². The van der Waals surface area contributed by atoms with E-state index in [1.54, 1.807) is 31.2 Å². The van der Waals surface area contributed by atoms with Crippen LogP contribution in [0.5, 0.6) is 0 Å². The zero-order valence-electron chi connectivity index (χ0n) is 16.4. The fraction of sp³-hybridized carbons (Fsp3) is 0.261. The molecule has 1 N–H and O–H groups in total. The molecule has 150 valence electrons. The van der Waals surface area contributed by atoms with Crippen LogP contribution in [0.1, 0.15) is 31.4 Å². The summed E-state index contributed by atoms with van der Waals surface area (Å²) in [6, 6.07) is 18.1. The molecular formula is C23H23NO5. The summed E-state index contributed by atoms with van der Waals surface area (Å²) < 4.78 is 5.15. The maximum Gasteiger partial charge on any atom is 0.339 e. The van der Waals surface area contributed by atoms with Gasteiger partial charge in [0.25, 0.3) is 5.91 Å². The molecule has 1 unspecified atom stereocenters. The van der Waals surface area contributed by atoms with Crippen LogP contribution in [-0.2, 0) is 25.7 Å². The first-order valence-corrected chi connectivity index (χ1v) is 9.43. The molecule has 0 saturated carbocycles. The van der Waals surface area contributed by atoms with Crippen molar-refractivity contribution >= 4 is 23.4 Å². The molecule has 2 aromatic rings. The van der Waals surface area contributed by atoms with Crippen molar-refractivity contribution in [3.05, 3.63) is 77.4 Å². The molecule has 1 aliphatic rings. The van der Waals surface area contributed by atoms with E-state index in [-0.39, 0.29) is 24.4 Å². The summed E-state index contributed by atoms with van der Waals surface area (Å²) in [5.41, 5.74) is -0.787. The fourth-order valence-corrected chi connectivity index (χ4v) is 3.57. The summed E-state index contributed by atoms with van der Waals surface area (Å²) >= 11 is 0. The van der Waals surface area contributed by atoms with Gasteiger partial charge >= 0.3 is 5.97 Å². The standard InChI is InChI=1S/C23H23NO5/c1-3-29-21(26)19-20(18-12-8-5-9-13-18)24(15-17-10-6-4-7-11-17)22(27)23(19,28)14-16(2)25/h4-13,28H,3,14-15H2,1-2H3. The summed E-state index contributed by atoms with van der Waals surface area (Å²) in [7, 11) is 0. The van der Waals surface area contributed by atoms with Crippen molar-refractivity contribution in [3.63, 3.8) is 0 Å². The van der Waals surface area contributed by atoms with Gasteiger partial charge in [0, 0.05) is 6.42 Å². The minimum atomic E-state index is -2.27. The van der Waals surface area contributed by atoms with Crippen molar-refractivity contribution in [2.45, 2.75) is 32.4 Å². The highest BCUT2D eigenvalue weighted by atomic mass is 16.5. The fourth-order valence-electron chi connectivity index (χ4n) is 3.57. The molecule has 1 atom stereocenters. The number of hydrogen-bond donors (Lipinski definition) is 1. The van der Waals surface area contributed by atoms with Crippen molar-refractivity contribution in [1.29, 1.82) is 0 Å². The highest BCUT2D eigenvalue weighted by molar-refractivity contribution is 6.16. The Bertz CT molecular complexity index is 952. The van der Waals surface area contributed by atoms with Gasteiger partial charge in [-0.1, -0.05) is 60.7 Å². The van der Waals surface area contributed by atoms with E-state index in [2.05, 4.69) is 0 Å². The molecule has 0 saturated heterocycles. The minimum absolute atomic E-state index is 0.0768. The number of rotatable bonds is 7. The first kappa shape index (κ1) is 20.5. The Morgan fingerprint density at radius 1 is 1.03 bits per heavy atom. The van der Waals surface area contributed by atoms with Gasteiger partial charge in [0.1, 0.15) is 11.4 Å². The predicted molar refractivity (Wildman–Crippen MR) is 107 cm³/mol. The number of benzene rings is 2. The Balaban J connectivity index is 2.22. The monoisotopic (exact) mass is 393 g/mol. The molecule has 1 aliphatic heterocycles. The molecule has 0 aromatic heterocycles. The lowest BCUT2D eigenvalue weighted by Crippen LogP contribution is -2.45. The normalized spacial score (nSPS) is 18.9. The SMILES string of the molecule is CCOC(=O)C1=C(c2ccccc2)N(Cc2ccccc2)C(=O)C1(O)CC(C)=O. The molecule has 3 rings (SSSR count). The number of nitrogens with zero attached hydrogens (tertiary/aromatic N) is 1. The number of esters is 1. The highest BCUT2D eigenvalue weighted by Crippen LogP contribution is 2.42. The van der Waals surface area contributed by atoms with Crippen molar-refractivity contribution in [1.82, 2.24) is 4.90 Å². The van der Waals surface area contributed by atoms with Crippen LogP contribution in [0.15, 0.2) is 66.2 Å². The number of amides is 1. The number of ether oxygens (including phenoxy) is 1. The van der Waals surface area contributed by atoms with Gasteiger partial charge in [0.15, 0.2) is 5.60 Å². The molecule has 0 spiro atoms. The summed E-state index contributed by atoms with van der Waals surface area (Å²) in [6.07, 6.45) is -0.498. The number of aliphatic hydroxyl groups is 1. The molecule has 2 aromatic carbocycles. The molecule has 1 heterocycles. The molecule has 0 aliphatic carbocycles. The lowest BCUT2D eigenvalue weighted by molar-refractivity contribution is -0.150. The maximum absolute atomic E-state index is 13.3. The summed E-state index contributed by atoms with van der Waals surface area (Å²) in [6.45, 7) is 3.14. The second-order valence-electron chi connectivity index (χ2n) is 6.93. The van der Waals surface area contributed by atoms with Crippen molar-refractivity contribution in [2.24, 2.45) is 0 Å². The van der Waals surface area contributed by atoms with Gasteiger partial charge in [0.2, 0.25) is 0 Å². The smallest absolute Gasteiger partial charge is 0.339 e. The van der Waals surface area contributed by atoms with Crippen molar-refractivity contribution in [3.8, 4) is 0 Å². The van der Waals surface area contributed by atoms with Gasteiger partial charge in [-0.15, -0.1) is 0 Å². The predicted octanol–water partition coefficient (Wildman–Crippen LogP) is 2.71. The number of carbonyl (C=O) groups excluding carboxylic acids is 3. The third kappa shape index (κ3) is 3.98. The van der Waals surface area contributed by atoms with Crippen molar-refractivity contribution < 1.29 is 24.2 Å². The van der Waals surface area contributed by atoms with Gasteiger partial charge in [-0.2, -0.15) is 0 Å². The topological polar surface area (TPSA) is 83.9 Å². The van der Waals surface area contributed by atoms with Crippen LogP contribution in [-0.4, -0.2) is 39.9 Å². The van der Waals surface area contributed by atoms with Gasteiger partial charge in [-0.25, -0.2) is 4.79 Å². The number of Topliss-reactive ketones (excluding diaryl/α,β-unsaturated/α-hetero) is 1. The summed E-state index contributed by atoms with van der Waals surface area (Å²) in [5, 5.41) is 11.3. The Kier molecular flexibility index (Phi) is 5.94. The first-order chi connectivity index (χ1) is 13.9. The van der Waals surface area contributed by atoms with Crippen LogP contribution in [0.3, 0.4) is 0 Å². The first-order valence-electron chi connectivity index (χ1n) is 9.43. The van der Waals surface area contributed by atoms with Crippen LogP contribution in [0.2, 0.25) is 0 Å². The van der Waals surface area contributed by atoms with Crippen molar-refractivity contribution in [2.75, 3.05) is 6.61 Å². The zero-order chi connectivity index (χ0) is 21.0. The number of ketones is 1. The third-order valence-electron chi connectivity index (χ3n) is 4.73. The van der Waals surface area contributed by atoms with E-state index >= 15 is 0 Å². The Hall–Kier alpha value is -3.25. The van der Waals surface area contributed by atoms with Gasteiger partial charge in [0.05, 0.1) is 18.8 Å². The van der Waals surface area contributed by atoms with Gasteiger partial charge in [-0.3, -0.25) is 9.59 Å². The van der Waals surface area contributed by atoms with Crippen LogP contribution in [0.4, 0.5) is 0 Å². The molecule has 1 amide bonds. The second-order valence-corrected chi connectivity index (χ2v) is 6.93. The minimum Gasteiger partial charge on any atom is -0.462 e. The van der Waals surface area contributed by atoms with E-state index < -0.39 is 29.7 Å². The van der Waals surface area contributed by atoms with Crippen LogP contribution in [0, 0.1) is 0 Å². The lowest BCUT2D eigenvalue weighted by Gasteiger charge is -2.24. The largest absolute Gasteiger partial charge is 0.462 e. The quantitative estimate of drug-likeness (QED) is 0.732. The molecule has 0 radical (unpaired) electrons. The van der Waals surface area contributed by atoms with E-state index in [9.17, 15) is 19.5 Å². The van der Waals surface area contributed by atoms with Crippen LogP contribution in [0.25, 0.3) is 5.70 Å². The number of carbonyl (C=O) groups is 3. The molecule has 6 nitrogen and oxygen atoms in total. The summed E-state index contributed by atoms with van der Waals surface area (Å²) in [4.78, 5) is 39.4. The Morgan fingerprint density at radius 3 is 2.17 bits per heavy atom. The van der Waals surface area contributed by atoms with Crippen LogP contribution >= 0.6 is 0 Å². The third-order valence-corrected chi connectivity index (χ3v) is 4.73. The molecular weight excluding hydrogens is 370 g/mol. The second kappa shape index (κ2) is 8.41. The summed E-state index contributed by atoms with van der Waals surface area (Å²) in [5.74, 6) is -1.92. The lowest BCUT2D eigenvalue weighted by atomic mass is 9.88. The van der Waals surface area contributed by atoms with E-state index in [0.717, 1.165) is 5.56 Å². The Morgan fingerprint density at radius 2 is 1.62 bits per heavy atom. The molecule has 29 heavy (non-hydrogen) atoms. The van der Waals surface area contributed by atoms with E-state index in [4.69, 9.17) is 4.74 Å². The molecule has 0 fully saturated rings.